The summed E-state index contributed by atoms with van der Waals surface area (Å²) in [5, 5.41) is 0. The fourth-order valence-electron chi connectivity index (χ4n) is 1.79. The molecule has 1 nitrogen and oxygen atoms in total. The molecule has 0 N–H and O–H groups in total. The molecule has 1 aliphatic carbocycles. The van der Waals surface area contributed by atoms with E-state index in [0.29, 0.717) is 12.0 Å². The highest BCUT2D eigenvalue weighted by Gasteiger charge is 2.42. The number of hydrogen-bond acceptors (Lipinski definition) is 1. The minimum absolute atomic E-state index is 0.190. The summed E-state index contributed by atoms with van der Waals surface area (Å²) in [6, 6.07) is 0. The predicted molar refractivity (Wildman–Crippen MR) is 56.0 cm³/mol. The van der Waals surface area contributed by atoms with Crippen molar-refractivity contribution in [2.24, 2.45) is 5.41 Å². The molecule has 1 aliphatic rings. The first-order chi connectivity index (χ1) is 7.63. The molecule has 0 fully saturated rings. The van der Waals surface area contributed by atoms with Gasteiger partial charge in [-0.15, -0.1) is 0 Å². The van der Waals surface area contributed by atoms with Gasteiger partial charge in [0.2, 0.25) is 5.78 Å². The molecular weight excluding hydrogens is 236 g/mol. The normalized spacial score (nSPS) is 17.5. The van der Waals surface area contributed by atoms with E-state index in [1.54, 1.807) is 13.8 Å². The third-order valence-electron chi connectivity index (χ3n) is 2.89. The van der Waals surface area contributed by atoms with Gasteiger partial charge in [-0.2, -0.15) is 13.2 Å². The zero-order valence-corrected chi connectivity index (χ0v) is 9.70. The molecule has 0 aromatic heterocycles. The van der Waals surface area contributed by atoms with Crippen molar-refractivity contribution in [1.82, 2.24) is 0 Å². The molecule has 0 saturated carbocycles. The number of alkyl halides is 3. The molecular formula is C12H14F4O. The van der Waals surface area contributed by atoms with Gasteiger partial charge in [0.15, 0.2) is 0 Å². The minimum atomic E-state index is -4.80. The SMILES string of the molecule is CC(C)(CC(=O)C(F)(F)F)C1=CC=C(F)CC1. The maximum atomic E-state index is 12.8. The van der Waals surface area contributed by atoms with Crippen molar-refractivity contribution in [2.75, 3.05) is 0 Å². The Kier molecular flexibility index (Phi) is 3.79. The Hall–Kier alpha value is -1.13. The average molecular weight is 250 g/mol. The molecule has 0 bridgehead atoms. The molecule has 0 unspecified atom stereocenters. The topological polar surface area (TPSA) is 17.1 Å². The quantitative estimate of drug-likeness (QED) is 0.689. The molecule has 0 aromatic carbocycles. The summed E-state index contributed by atoms with van der Waals surface area (Å²) < 4.78 is 49.3. The lowest BCUT2D eigenvalue weighted by Crippen LogP contribution is -2.30. The van der Waals surface area contributed by atoms with Gasteiger partial charge in [0.1, 0.15) is 5.83 Å². The number of carbonyl (C=O) groups excluding carboxylic acids is 1. The summed E-state index contributed by atoms with van der Waals surface area (Å²) >= 11 is 0. The highest BCUT2D eigenvalue weighted by Crippen LogP contribution is 2.38. The summed E-state index contributed by atoms with van der Waals surface area (Å²) in [7, 11) is 0. The standard InChI is InChI=1S/C12H14F4O/c1-11(2,7-10(17)12(14,15)16)8-3-5-9(13)6-4-8/h3,5H,4,6-7H2,1-2H3. The van der Waals surface area contributed by atoms with Crippen LogP contribution in [0.4, 0.5) is 17.6 Å². The molecule has 0 aliphatic heterocycles. The van der Waals surface area contributed by atoms with Crippen LogP contribution >= 0.6 is 0 Å². The highest BCUT2D eigenvalue weighted by molar-refractivity contribution is 5.84. The summed E-state index contributed by atoms with van der Waals surface area (Å²) in [5.74, 6) is -2.02. The molecule has 1 rings (SSSR count). The van der Waals surface area contributed by atoms with Crippen LogP contribution in [0.15, 0.2) is 23.6 Å². The Morgan fingerprint density at radius 1 is 1.24 bits per heavy atom. The number of hydrogen-bond donors (Lipinski definition) is 0. The van der Waals surface area contributed by atoms with E-state index < -0.39 is 23.8 Å². The Bertz CT molecular complexity index is 374. The number of allylic oxidation sites excluding steroid dienone is 4. The van der Waals surface area contributed by atoms with Crippen LogP contribution < -0.4 is 0 Å². The Morgan fingerprint density at radius 2 is 1.82 bits per heavy atom. The van der Waals surface area contributed by atoms with Crippen molar-refractivity contribution < 1.29 is 22.4 Å². The van der Waals surface area contributed by atoms with Gasteiger partial charge in [0, 0.05) is 12.8 Å². The maximum absolute atomic E-state index is 12.8. The fraction of sp³-hybridized carbons (Fsp3) is 0.583. The van der Waals surface area contributed by atoms with E-state index in [1.807, 2.05) is 0 Å². The third-order valence-corrected chi connectivity index (χ3v) is 2.89. The van der Waals surface area contributed by atoms with Crippen LogP contribution in [-0.2, 0) is 4.79 Å². The second-order valence-electron chi connectivity index (χ2n) is 4.79. The van der Waals surface area contributed by atoms with Gasteiger partial charge in [-0.3, -0.25) is 4.79 Å². The number of Topliss-reactive ketones (excluding diaryl/α,β-unsaturated/α-hetero) is 1. The lowest BCUT2D eigenvalue weighted by Gasteiger charge is -2.29. The van der Waals surface area contributed by atoms with Crippen molar-refractivity contribution >= 4 is 5.78 Å². The van der Waals surface area contributed by atoms with E-state index in [-0.39, 0.29) is 12.2 Å². The Labute approximate surface area is 97.2 Å². The second-order valence-corrected chi connectivity index (χ2v) is 4.79. The van der Waals surface area contributed by atoms with Crippen LogP contribution in [0.1, 0.15) is 33.1 Å². The van der Waals surface area contributed by atoms with E-state index in [2.05, 4.69) is 0 Å². The van der Waals surface area contributed by atoms with E-state index in [9.17, 15) is 22.4 Å². The number of halogens is 4. The first-order valence-electron chi connectivity index (χ1n) is 5.28. The maximum Gasteiger partial charge on any atom is 0.450 e. The molecule has 0 radical (unpaired) electrons. The Morgan fingerprint density at radius 3 is 2.24 bits per heavy atom. The van der Waals surface area contributed by atoms with E-state index in [0.717, 1.165) is 0 Å². The average Bonchev–Trinajstić information content (AvgIpc) is 2.16. The minimum Gasteiger partial charge on any atom is -0.290 e. The lowest BCUT2D eigenvalue weighted by molar-refractivity contribution is -0.172. The smallest absolute Gasteiger partial charge is 0.290 e. The van der Waals surface area contributed by atoms with Gasteiger partial charge in [-0.1, -0.05) is 25.5 Å². The van der Waals surface area contributed by atoms with Gasteiger partial charge in [0.25, 0.3) is 0 Å². The van der Waals surface area contributed by atoms with Crippen LogP contribution in [0.5, 0.6) is 0 Å². The van der Waals surface area contributed by atoms with Gasteiger partial charge in [-0.25, -0.2) is 4.39 Å². The largest absolute Gasteiger partial charge is 0.450 e. The van der Waals surface area contributed by atoms with Crippen LogP contribution in [0.25, 0.3) is 0 Å². The summed E-state index contributed by atoms with van der Waals surface area (Å²) in [6.07, 6.45) is -2.12. The van der Waals surface area contributed by atoms with Crippen molar-refractivity contribution in [3.05, 3.63) is 23.6 Å². The lowest BCUT2D eigenvalue weighted by atomic mass is 9.76. The van der Waals surface area contributed by atoms with Crippen molar-refractivity contribution in [3.63, 3.8) is 0 Å². The number of rotatable bonds is 3. The van der Waals surface area contributed by atoms with Crippen LogP contribution in [0, 0.1) is 5.41 Å². The van der Waals surface area contributed by atoms with Crippen molar-refractivity contribution in [2.45, 2.75) is 39.3 Å². The molecule has 0 amide bonds. The first kappa shape index (κ1) is 13.9. The van der Waals surface area contributed by atoms with Gasteiger partial charge in [0.05, 0.1) is 0 Å². The zero-order chi connectivity index (χ0) is 13.3. The van der Waals surface area contributed by atoms with Crippen LogP contribution in [0.2, 0.25) is 0 Å². The molecule has 0 aromatic rings. The molecule has 0 spiro atoms. The van der Waals surface area contributed by atoms with Crippen LogP contribution in [-0.4, -0.2) is 12.0 Å². The number of carbonyl (C=O) groups is 1. The number of ketones is 1. The molecule has 5 heteroatoms. The van der Waals surface area contributed by atoms with Crippen molar-refractivity contribution in [3.8, 4) is 0 Å². The molecule has 0 atom stereocenters. The highest BCUT2D eigenvalue weighted by atomic mass is 19.4. The van der Waals surface area contributed by atoms with Crippen molar-refractivity contribution in [1.29, 1.82) is 0 Å². The fourth-order valence-corrected chi connectivity index (χ4v) is 1.79. The Balaban J connectivity index is 2.79. The summed E-state index contributed by atoms with van der Waals surface area (Å²) in [5.41, 5.74) is -0.208. The second kappa shape index (κ2) is 4.63. The summed E-state index contributed by atoms with van der Waals surface area (Å²) in [6.45, 7) is 3.14. The van der Waals surface area contributed by atoms with E-state index in [4.69, 9.17) is 0 Å². The zero-order valence-electron chi connectivity index (χ0n) is 9.70. The molecule has 0 heterocycles. The molecule has 96 valence electrons. The van der Waals surface area contributed by atoms with E-state index >= 15 is 0 Å². The molecule has 17 heavy (non-hydrogen) atoms. The van der Waals surface area contributed by atoms with Crippen LogP contribution in [0.3, 0.4) is 0 Å². The van der Waals surface area contributed by atoms with Gasteiger partial charge >= 0.3 is 6.18 Å². The first-order valence-corrected chi connectivity index (χ1v) is 5.28. The third kappa shape index (κ3) is 3.68. The predicted octanol–water partition coefficient (Wildman–Crippen LogP) is 4.11. The van der Waals surface area contributed by atoms with Gasteiger partial charge < -0.3 is 0 Å². The summed E-state index contributed by atoms with van der Waals surface area (Å²) in [4.78, 5) is 10.9. The van der Waals surface area contributed by atoms with E-state index in [1.165, 1.54) is 12.2 Å². The molecule has 0 saturated heterocycles. The van der Waals surface area contributed by atoms with Gasteiger partial charge in [-0.05, 0) is 17.9 Å². The monoisotopic (exact) mass is 250 g/mol.